The van der Waals surface area contributed by atoms with E-state index in [0.717, 1.165) is 28.6 Å². The molecule has 0 aliphatic carbocycles. The molecule has 5 nitrogen and oxygen atoms in total. The number of nitrogens with zero attached hydrogens (tertiary/aromatic N) is 2. The van der Waals surface area contributed by atoms with E-state index >= 15 is 0 Å². The van der Waals surface area contributed by atoms with Gasteiger partial charge in [-0.1, -0.05) is 41.7 Å². The molecule has 1 aromatic carbocycles. The second-order valence-electron chi connectivity index (χ2n) is 5.23. The number of carbonyl (C=O) groups excluding carboxylic acids is 2. The predicted octanol–water partition coefficient (Wildman–Crippen LogP) is 2.42. The van der Waals surface area contributed by atoms with E-state index in [9.17, 15) is 9.59 Å². The Kier molecular flexibility index (Phi) is 5.07. The summed E-state index contributed by atoms with van der Waals surface area (Å²) < 4.78 is 1.98. The van der Waals surface area contributed by atoms with Crippen molar-refractivity contribution in [3.8, 4) is 5.69 Å². The molecule has 0 saturated carbocycles. The number of nitrogens with one attached hydrogen (secondary N) is 1. The van der Waals surface area contributed by atoms with E-state index in [-0.39, 0.29) is 22.8 Å². The van der Waals surface area contributed by atoms with Crippen LogP contribution in [0.3, 0.4) is 0 Å². The van der Waals surface area contributed by atoms with E-state index in [2.05, 4.69) is 10.3 Å². The molecule has 3 rings (SSSR count). The van der Waals surface area contributed by atoms with Crippen LogP contribution in [0.25, 0.3) is 5.69 Å². The molecule has 1 aliphatic rings. The molecule has 1 N–H and O–H groups in total. The molecule has 1 aliphatic heterocycles. The molecule has 7 heteroatoms. The molecule has 1 aromatic heterocycles. The Bertz CT molecular complexity index is 730. The van der Waals surface area contributed by atoms with Gasteiger partial charge in [-0.05, 0) is 25.0 Å². The lowest BCUT2D eigenvalue weighted by molar-refractivity contribution is -0.122. The van der Waals surface area contributed by atoms with Gasteiger partial charge < -0.3 is 5.32 Å². The molecule has 0 unspecified atom stereocenters. The number of thioether (sulfide) groups is 2. The van der Waals surface area contributed by atoms with Crippen molar-refractivity contribution >= 4 is 34.5 Å². The van der Waals surface area contributed by atoms with Gasteiger partial charge in [0, 0.05) is 18.1 Å². The fraction of sp³-hybridized carbons (Fsp3) is 0.312. The van der Waals surface area contributed by atoms with Gasteiger partial charge in [-0.3, -0.25) is 14.2 Å². The molecular weight excluding hydrogens is 330 g/mol. The molecule has 1 atom stereocenters. The number of amides is 1. The standard InChI is InChI=1S/C16H17N3O2S2/c1-11-4-2-3-5-13(11)19-8-7-17-16(19)23-10-14(20)18-12-6-9-22-15(12)21/h2-5,7-8,12H,6,9-10H2,1H3,(H,18,20)/t12-/m1/s1. The second kappa shape index (κ2) is 7.23. The van der Waals surface area contributed by atoms with Gasteiger partial charge in [0.15, 0.2) is 5.16 Å². The summed E-state index contributed by atoms with van der Waals surface area (Å²) in [5.74, 6) is 0.904. The van der Waals surface area contributed by atoms with Gasteiger partial charge in [0.05, 0.1) is 17.5 Å². The number of para-hydroxylation sites is 1. The Morgan fingerprint density at radius 3 is 3.04 bits per heavy atom. The fourth-order valence-corrected chi connectivity index (χ4v) is 4.12. The van der Waals surface area contributed by atoms with Crippen molar-refractivity contribution in [2.24, 2.45) is 0 Å². The van der Waals surface area contributed by atoms with E-state index in [1.165, 1.54) is 23.5 Å². The quantitative estimate of drug-likeness (QED) is 0.842. The molecular formula is C16H17N3O2S2. The normalized spacial score (nSPS) is 17.4. The Hall–Kier alpha value is -1.73. The summed E-state index contributed by atoms with van der Waals surface area (Å²) in [6, 6.07) is 7.71. The molecule has 1 saturated heterocycles. The first-order valence-electron chi connectivity index (χ1n) is 7.33. The zero-order valence-electron chi connectivity index (χ0n) is 12.7. The lowest BCUT2D eigenvalue weighted by Crippen LogP contribution is -2.38. The molecule has 1 amide bonds. The van der Waals surface area contributed by atoms with Crippen LogP contribution < -0.4 is 5.32 Å². The second-order valence-corrected chi connectivity index (χ2v) is 7.27. The van der Waals surface area contributed by atoms with Crippen molar-refractivity contribution in [2.45, 2.75) is 24.5 Å². The van der Waals surface area contributed by atoms with Gasteiger partial charge in [0.1, 0.15) is 0 Å². The van der Waals surface area contributed by atoms with Gasteiger partial charge in [-0.15, -0.1) is 0 Å². The van der Waals surface area contributed by atoms with Crippen LogP contribution in [0.2, 0.25) is 0 Å². The first kappa shape index (κ1) is 16.1. The van der Waals surface area contributed by atoms with Gasteiger partial charge in [-0.2, -0.15) is 0 Å². The van der Waals surface area contributed by atoms with Crippen molar-refractivity contribution in [1.82, 2.24) is 14.9 Å². The molecule has 0 bridgehead atoms. The first-order valence-corrected chi connectivity index (χ1v) is 9.30. The van der Waals surface area contributed by atoms with Gasteiger partial charge in [0.2, 0.25) is 11.0 Å². The SMILES string of the molecule is Cc1ccccc1-n1ccnc1SCC(=O)N[C@@H]1CCSC1=O. The molecule has 2 aromatic rings. The summed E-state index contributed by atoms with van der Waals surface area (Å²) in [5.41, 5.74) is 2.20. The Morgan fingerprint density at radius 2 is 2.30 bits per heavy atom. The highest BCUT2D eigenvalue weighted by atomic mass is 32.2. The average molecular weight is 347 g/mol. The zero-order valence-corrected chi connectivity index (χ0v) is 14.3. The van der Waals surface area contributed by atoms with Gasteiger partial charge in [-0.25, -0.2) is 4.98 Å². The minimum atomic E-state index is -0.329. The number of hydrogen-bond donors (Lipinski definition) is 1. The number of carbonyl (C=O) groups is 2. The number of rotatable bonds is 5. The third kappa shape index (κ3) is 3.79. The highest BCUT2D eigenvalue weighted by Gasteiger charge is 2.26. The van der Waals surface area contributed by atoms with E-state index in [1.54, 1.807) is 6.20 Å². The van der Waals surface area contributed by atoms with Crippen LogP contribution in [-0.2, 0) is 9.59 Å². The van der Waals surface area contributed by atoms with Crippen molar-refractivity contribution in [3.05, 3.63) is 42.2 Å². The van der Waals surface area contributed by atoms with Crippen molar-refractivity contribution in [2.75, 3.05) is 11.5 Å². The lowest BCUT2D eigenvalue weighted by atomic mass is 10.2. The number of imidazole rings is 1. The number of aromatic nitrogens is 2. The predicted molar refractivity (Wildman–Crippen MR) is 93.0 cm³/mol. The van der Waals surface area contributed by atoms with E-state index < -0.39 is 0 Å². The maximum atomic E-state index is 12.0. The van der Waals surface area contributed by atoms with Crippen LogP contribution in [0.5, 0.6) is 0 Å². The van der Waals surface area contributed by atoms with E-state index in [0.29, 0.717) is 0 Å². The number of aryl methyl sites for hydroxylation is 1. The molecule has 1 fully saturated rings. The van der Waals surface area contributed by atoms with Gasteiger partial charge in [0.25, 0.3) is 0 Å². The van der Waals surface area contributed by atoms with Crippen LogP contribution >= 0.6 is 23.5 Å². The smallest absolute Gasteiger partial charge is 0.231 e. The number of benzene rings is 1. The van der Waals surface area contributed by atoms with E-state index in [4.69, 9.17) is 0 Å². The Morgan fingerprint density at radius 1 is 1.48 bits per heavy atom. The van der Waals surface area contributed by atoms with Crippen molar-refractivity contribution in [3.63, 3.8) is 0 Å². The fourth-order valence-electron chi connectivity index (χ4n) is 2.41. The molecule has 0 radical (unpaired) electrons. The minimum absolute atomic E-state index is 0.0600. The summed E-state index contributed by atoms with van der Waals surface area (Å²) in [4.78, 5) is 27.9. The maximum Gasteiger partial charge on any atom is 0.231 e. The van der Waals surface area contributed by atoms with Crippen molar-refractivity contribution in [1.29, 1.82) is 0 Å². The van der Waals surface area contributed by atoms with E-state index in [1.807, 2.05) is 42.0 Å². The maximum absolute atomic E-state index is 12.0. The summed E-state index contributed by atoms with van der Waals surface area (Å²) in [7, 11) is 0. The summed E-state index contributed by atoms with van der Waals surface area (Å²) in [6.45, 7) is 2.04. The Labute approximate surface area is 143 Å². The summed E-state index contributed by atoms with van der Waals surface area (Å²) in [5, 5.41) is 3.62. The molecule has 0 spiro atoms. The monoisotopic (exact) mass is 347 g/mol. The Balaban J connectivity index is 1.63. The van der Waals surface area contributed by atoms with Crippen LogP contribution in [-0.4, -0.2) is 38.1 Å². The average Bonchev–Trinajstić information content (AvgIpc) is 3.15. The highest BCUT2D eigenvalue weighted by molar-refractivity contribution is 8.14. The molecule has 2 heterocycles. The minimum Gasteiger partial charge on any atom is -0.345 e. The van der Waals surface area contributed by atoms with Crippen LogP contribution in [0.1, 0.15) is 12.0 Å². The largest absolute Gasteiger partial charge is 0.345 e. The summed E-state index contributed by atoms with van der Waals surface area (Å²) in [6.07, 6.45) is 4.33. The summed E-state index contributed by atoms with van der Waals surface area (Å²) >= 11 is 2.66. The third-order valence-electron chi connectivity index (χ3n) is 3.58. The van der Waals surface area contributed by atoms with Crippen LogP contribution in [0, 0.1) is 6.92 Å². The molecule has 23 heavy (non-hydrogen) atoms. The van der Waals surface area contributed by atoms with Gasteiger partial charge >= 0.3 is 0 Å². The van der Waals surface area contributed by atoms with Crippen LogP contribution in [0.4, 0.5) is 0 Å². The topological polar surface area (TPSA) is 64.0 Å². The third-order valence-corrected chi connectivity index (χ3v) is 5.56. The zero-order chi connectivity index (χ0) is 16.2. The van der Waals surface area contributed by atoms with Crippen molar-refractivity contribution < 1.29 is 9.59 Å². The van der Waals surface area contributed by atoms with Crippen LogP contribution in [0.15, 0.2) is 41.8 Å². The first-order chi connectivity index (χ1) is 11.1. The lowest BCUT2D eigenvalue weighted by Gasteiger charge is -2.11. The number of hydrogen-bond acceptors (Lipinski definition) is 5. The molecule has 120 valence electrons. The highest BCUT2D eigenvalue weighted by Crippen LogP contribution is 2.23.